The van der Waals surface area contributed by atoms with Crippen molar-refractivity contribution < 1.29 is 81.0 Å². The fourth-order valence-corrected chi connectivity index (χ4v) is 3.95. The van der Waals surface area contributed by atoms with Crippen LogP contribution in [0.15, 0.2) is 12.2 Å². The molecular weight excluding hydrogens is 425 g/mol. The molecule has 0 radical (unpaired) electrons. The third-order valence-electron chi connectivity index (χ3n) is 4.80. The van der Waals surface area contributed by atoms with Gasteiger partial charge in [0.25, 0.3) is 0 Å². The molecule has 0 aliphatic carbocycles. The Labute approximate surface area is 189 Å². The molecule has 2 saturated heterocycles. The first-order valence-corrected chi connectivity index (χ1v) is 10.0. The first-order chi connectivity index (χ1) is 13.2. The summed E-state index contributed by atoms with van der Waals surface area (Å²) in [6.45, 7) is -0.808. The van der Waals surface area contributed by atoms with E-state index in [1.807, 2.05) is 12.2 Å². The number of amides is 1. The Morgan fingerprint density at radius 3 is 2.52 bits per heavy atom. The summed E-state index contributed by atoms with van der Waals surface area (Å²) in [5.41, 5.74) is 0. The standard InChI is InChI=1S/C15H23NO11S.Na/c17-6-10-11(18)13(27-28(21,22)23)12(19)15(26-10)24-4-3-16-14(20)8-5-7-1-2-9(8)25-7;/h1-2,7-13,15,17-19H,3-6H2,(H,16,20)(H,21,22,23);/q;+1/p-1. The van der Waals surface area contributed by atoms with E-state index < -0.39 is 47.7 Å². The van der Waals surface area contributed by atoms with E-state index in [1.54, 1.807) is 0 Å². The Balaban J connectivity index is 0.00000300. The number of aliphatic hydroxyl groups is 3. The number of hydrogen-bond acceptors (Lipinski definition) is 11. The molecule has 3 rings (SSSR count). The van der Waals surface area contributed by atoms with E-state index in [0.717, 1.165) is 0 Å². The van der Waals surface area contributed by atoms with Gasteiger partial charge in [0.2, 0.25) is 16.3 Å². The van der Waals surface area contributed by atoms with Crippen molar-refractivity contribution in [3.63, 3.8) is 0 Å². The van der Waals surface area contributed by atoms with Crippen molar-refractivity contribution in [2.45, 2.75) is 49.3 Å². The summed E-state index contributed by atoms with van der Waals surface area (Å²) in [5, 5.41) is 31.9. The van der Waals surface area contributed by atoms with Gasteiger partial charge in [0.05, 0.1) is 31.3 Å². The molecule has 3 heterocycles. The maximum atomic E-state index is 12.2. The second kappa shape index (κ2) is 10.4. The molecule has 2 fully saturated rings. The maximum absolute atomic E-state index is 12.2. The Kier molecular flexibility index (Phi) is 9.03. The second-order valence-electron chi connectivity index (χ2n) is 6.70. The Hall–Kier alpha value is -0.160. The summed E-state index contributed by atoms with van der Waals surface area (Å²) < 4.78 is 52.5. The van der Waals surface area contributed by atoms with Gasteiger partial charge in [-0.15, -0.1) is 0 Å². The fraction of sp³-hybridized carbons (Fsp3) is 0.800. The smallest absolute Gasteiger partial charge is 0.726 e. The van der Waals surface area contributed by atoms with Crippen LogP contribution in [0.3, 0.4) is 0 Å². The van der Waals surface area contributed by atoms with Crippen LogP contribution >= 0.6 is 0 Å². The molecule has 2 bridgehead atoms. The van der Waals surface area contributed by atoms with Crippen molar-refractivity contribution in [2.24, 2.45) is 5.92 Å². The second-order valence-corrected chi connectivity index (χ2v) is 7.71. The van der Waals surface area contributed by atoms with Gasteiger partial charge in [-0.05, 0) is 6.42 Å². The monoisotopic (exact) mass is 447 g/mol. The number of carbonyl (C=O) groups excluding carboxylic acids is 1. The Bertz CT molecular complexity index is 704. The minimum Gasteiger partial charge on any atom is -0.726 e. The first kappa shape index (κ1) is 25.1. The SMILES string of the molecule is O=C(NCCOC1OC(CO)C(O)C(OS(=O)(=O)[O-])C1O)C1CC2C=CC1O2.[Na+]. The van der Waals surface area contributed by atoms with Crippen molar-refractivity contribution in [2.75, 3.05) is 19.8 Å². The number of hydrogen-bond donors (Lipinski definition) is 4. The topological polar surface area (TPSA) is 184 Å². The number of fused-ring (bicyclic) bond motifs is 2. The van der Waals surface area contributed by atoms with Gasteiger partial charge in [-0.1, -0.05) is 12.2 Å². The molecule has 1 amide bonds. The number of aliphatic hydroxyl groups excluding tert-OH is 3. The van der Waals surface area contributed by atoms with Crippen molar-refractivity contribution in [3.05, 3.63) is 12.2 Å². The number of carbonyl (C=O) groups is 1. The summed E-state index contributed by atoms with van der Waals surface area (Å²) in [7, 11) is -5.23. The summed E-state index contributed by atoms with van der Waals surface area (Å²) in [6.07, 6.45) is -4.23. The molecular formula is C15H22NNaO11S. The maximum Gasteiger partial charge on any atom is 1.00 e. The van der Waals surface area contributed by atoms with Crippen LogP contribution in [0, 0.1) is 5.92 Å². The van der Waals surface area contributed by atoms with E-state index in [0.29, 0.717) is 6.42 Å². The van der Waals surface area contributed by atoms with Crippen LogP contribution in [0.4, 0.5) is 0 Å². The van der Waals surface area contributed by atoms with E-state index in [-0.39, 0.29) is 66.7 Å². The molecule has 3 aliphatic rings. The third-order valence-corrected chi connectivity index (χ3v) is 5.26. The van der Waals surface area contributed by atoms with E-state index in [4.69, 9.17) is 14.2 Å². The zero-order chi connectivity index (χ0) is 20.5. The van der Waals surface area contributed by atoms with Gasteiger partial charge in [0.15, 0.2) is 6.29 Å². The molecule has 4 N–H and O–H groups in total. The van der Waals surface area contributed by atoms with Crippen LogP contribution in [0.5, 0.6) is 0 Å². The van der Waals surface area contributed by atoms with Gasteiger partial charge < -0.3 is 39.4 Å². The predicted octanol–water partition coefficient (Wildman–Crippen LogP) is -6.25. The normalized spacial score (nSPS) is 38.6. The molecule has 0 aromatic rings. The molecule has 0 saturated carbocycles. The molecule has 0 aromatic heterocycles. The van der Waals surface area contributed by atoms with Crippen LogP contribution in [0.2, 0.25) is 0 Å². The zero-order valence-electron chi connectivity index (χ0n) is 15.6. The van der Waals surface area contributed by atoms with Crippen LogP contribution in [0.25, 0.3) is 0 Å². The quantitative estimate of drug-likeness (QED) is 0.0912. The summed E-state index contributed by atoms with van der Waals surface area (Å²) >= 11 is 0. The molecule has 12 nitrogen and oxygen atoms in total. The molecule has 0 aromatic carbocycles. The van der Waals surface area contributed by atoms with Gasteiger partial charge in [0.1, 0.15) is 24.4 Å². The number of rotatable bonds is 8. The van der Waals surface area contributed by atoms with Crippen molar-refractivity contribution in [1.82, 2.24) is 5.32 Å². The summed E-state index contributed by atoms with van der Waals surface area (Å²) in [4.78, 5) is 12.2. The third kappa shape index (κ3) is 6.18. The van der Waals surface area contributed by atoms with Crippen molar-refractivity contribution >= 4 is 16.3 Å². The molecule has 0 spiro atoms. The minimum absolute atomic E-state index is 0. The van der Waals surface area contributed by atoms with E-state index in [1.165, 1.54) is 0 Å². The van der Waals surface area contributed by atoms with Gasteiger partial charge in [-0.25, -0.2) is 8.42 Å². The average molecular weight is 447 g/mol. The fourth-order valence-electron chi connectivity index (χ4n) is 3.45. The Morgan fingerprint density at radius 1 is 1.24 bits per heavy atom. The molecule has 8 atom stereocenters. The first-order valence-electron chi connectivity index (χ1n) is 8.69. The van der Waals surface area contributed by atoms with E-state index in [9.17, 15) is 33.1 Å². The van der Waals surface area contributed by atoms with E-state index in [2.05, 4.69) is 9.50 Å². The number of ether oxygens (including phenoxy) is 3. The molecule has 8 unspecified atom stereocenters. The van der Waals surface area contributed by atoms with Crippen LogP contribution in [-0.2, 0) is 33.6 Å². The van der Waals surface area contributed by atoms with Crippen LogP contribution in [-0.4, -0.2) is 96.9 Å². The molecule has 14 heteroatoms. The zero-order valence-corrected chi connectivity index (χ0v) is 18.4. The average Bonchev–Trinajstić information content (AvgIpc) is 3.26. The van der Waals surface area contributed by atoms with Crippen LogP contribution in [0.1, 0.15) is 6.42 Å². The van der Waals surface area contributed by atoms with Gasteiger partial charge >= 0.3 is 29.6 Å². The van der Waals surface area contributed by atoms with Gasteiger partial charge in [-0.3, -0.25) is 8.98 Å². The largest absolute Gasteiger partial charge is 1.00 e. The number of nitrogens with one attached hydrogen (secondary N) is 1. The molecule has 29 heavy (non-hydrogen) atoms. The summed E-state index contributed by atoms with van der Waals surface area (Å²) in [6, 6.07) is 0. The van der Waals surface area contributed by atoms with Crippen LogP contribution < -0.4 is 34.9 Å². The van der Waals surface area contributed by atoms with E-state index >= 15 is 0 Å². The van der Waals surface area contributed by atoms with Crippen molar-refractivity contribution in [1.29, 1.82) is 0 Å². The van der Waals surface area contributed by atoms with Gasteiger partial charge in [0, 0.05) is 6.54 Å². The predicted molar refractivity (Wildman–Crippen MR) is 87.2 cm³/mol. The minimum atomic E-state index is -5.23. The molecule has 160 valence electrons. The van der Waals surface area contributed by atoms with Crippen molar-refractivity contribution in [3.8, 4) is 0 Å². The Morgan fingerprint density at radius 2 is 1.97 bits per heavy atom. The molecule has 3 aliphatic heterocycles. The summed E-state index contributed by atoms with van der Waals surface area (Å²) in [5.74, 6) is -0.506. The van der Waals surface area contributed by atoms with Gasteiger partial charge in [-0.2, -0.15) is 0 Å².